The van der Waals surface area contributed by atoms with E-state index in [4.69, 9.17) is 14.5 Å². The fraction of sp³-hybridized carbons (Fsp3) is 0.571. The third kappa shape index (κ3) is 7.75. The lowest BCUT2D eigenvalue weighted by Crippen LogP contribution is -2.47. The van der Waals surface area contributed by atoms with E-state index in [1.165, 1.54) is 0 Å². The number of para-hydroxylation sites is 1. The standard InChI is InChI=1S/C21H32N6O2.HI/c1-3-22-21(23-13-7-8-14-29-18-9-5-4-6-10-18)24-17-11-12-20-25-19(16-28-2)26-27(20)15-17;/h4-6,9-10,17H,3,7-8,11-16H2,1-2H3,(H2,22,23,24);1H. The highest BCUT2D eigenvalue weighted by atomic mass is 127. The Kier molecular flexibility index (Phi) is 10.9. The minimum absolute atomic E-state index is 0. The number of hydrogen-bond donors (Lipinski definition) is 2. The molecule has 1 atom stereocenters. The van der Waals surface area contributed by atoms with E-state index in [9.17, 15) is 0 Å². The van der Waals surface area contributed by atoms with E-state index in [0.29, 0.717) is 19.3 Å². The molecule has 1 aliphatic rings. The fourth-order valence-electron chi connectivity index (χ4n) is 3.29. The van der Waals surface area contributed by atoms with Gasteiger partial charge in [0, 0.05) is 32.7 Å². The molecule has 0 radical (unpaired) electrons. The first-order valence-electron chi connectivity index (χ1n) is 10.4. The van der Waals surface area contributed by atoms with Crippen LogP contribution in [0.3, 0.4) is 0 Å². The third-order valence-corrected chi connectivity index (χ3v) is 4.69. The van der Waals surface area contributed by atoms with Crippen molar-refractivity contribution in [2.24, 2.45) is 4.99 Å². The van der Waals surface area contributed by atoms with Crippen molar-refractivity contribution < 1.29 is 9.47 Å². The number of hydrogen-bond acceptors (Lipinski definition) is 5. The van der Waals surface area contributed by atoms with Gasteiger partial charge in [0.25, 0.3) is 0 Å². The Labute approximate surface area is 195 Å². The van der Waals surface area contributed by atoms with Gasteiger partial charge in [-0.3, -0.25) is 4.99 Å². The topological polar surface area (TPSA) is 85.6 Å². The van der Waals surface area contributed by atoms with Crippen LogP contribution in [0.4, 0.5) is 0 Å². The van der Waals surface area contributed by atoms with Gasteiger partial charge in [-0.25, -0.2) is 9.67 Å². The first-order chi connectivity index (χ1) is 14.3. The summed E-state index contributed by atoms with van der Waals surface area (Å²) in [6, 6.07) is 10.2. The molecule has 0 saturated carbocycles. The molecule has 1 aromatic heterocycles. The lowest BCUT2D eigenvalue weighted by molar-refractivity contribution is 0.177. The highest BCUT2D eigenvalue weighted by Gasteiger charge is 2.22. The monoisotopic (exact) mass is 528 g/mol. The first-order valence-corrected chi connectivity index (χ1v) is 10.4. The number of guanidine groups is 1. The lowest BCUT2D eigenvalue weighted by atomic mass is 10.1. The normalized spacial score (nSPS) is 15.8. The number of methoxy groups -OCH3 is 1. The Bertz CT molecular complexity index is 768. The quantitative estimate of drug-likeness (QED) is 0.214. The number of halogens is 1. The number of aromatic nitrogens is 3. The van der Waals surface area contributed by atoms with Crippen LogP contribution in [-0.4, -0.2) is 53.6 Å². The highest BCUT2D eigenvalue weighted by Crippen LogP contribution is 2.13. The second kappa shape index (κ2) is 13.4. The smallest absolute Gasteiger partial charge is 0.191 e. The number of fused-ring (bicyclic) bond motifs is 1. The van der Waals surface area contributed by atoms with Crippen molar-refractivity contribution in [3.63, 3.8) is 0 Å². The lowest BCUT2D eigenvalue weighted by Gasteiger charge is -2.25. The zero-order valence-corrected chi connectivity index (χ0v) is 20.2. The van der Waals surface area contributed by atoms with Crippen LogP contribution in [0.2, 0.25) is 0 Å². The van der Waals surface area contributed by atoms with E-state index in [2.05, 4.69) is 27.6 Å². The molecule has 166 valence electrons. The summed E-state index contributed by atoms with van der Waals surface area (Å²) in [4.78, 5) is 9.25. The van der Waals surface area contributed by atoms with Gasteiger partial charge in [-0.2, -0.15) is 5.10 Å². The van der Waals surface area contributed by atoms with E-state index < -0.39 is 0 Å². The fourth-order valence-corrected chi connectivity index (χ4v) is 3.29. The van der Waals surface area contributed by atoms with Gasteiger partial charge in [0.2, 0.25) is 0 Å². The zero-order valence-electron chi connectivity index (χ0n) is 17.8. The van der Waals surface area contributed by atoms with Crippen LogP contribution in [0.15, 0.2) is 35.3 Å². The Balaban J connectivity index is 0.00000320. The number of benzene rings is 1. The van der Waals surface area contributed by atoms with Gasteiger partial charge >= 0.3 is 0 Å². The number of ether oxygens (including phenoxy) is 2. The van der Waals surface area contributed by atoms with Gasteiger partial charge in [0.1, 0.15) is 18.2 Å². The molecule has 0 aliphatic carbocycles. The average molecular weight is 528 g/mol. The predicted molar refractivity (Wildman–Crippen MR) is 129 cm³/mol. The number of nitrogens with one attached hydrogen (secondary N) is 2. The molecule has 0 fully saturated rings. The van der Waals surface area contributed by atoms with Crippen molar-refractivity contribution in [3.8, 4) is 5.75 Å². The highest BCUT2D eigenvalue weighted by molar-refractivity contribution is 14.0. The second-order valence-electron chi connectivity index (χ2n) is 7.07. The summed E-state index contributed by atoms with van der Waals surface area (Å²) in [7, 11) is 1.66. The molecule has 2 heterocycles. The van der Waals surface area contributed by atoms with Crippen LogP contribution in [0.5, 0.6) is 5.75 Å². The van der Waals surface area contributed by atoms with E-state index >= 15 is 0 Å². The molecule has 1 aromatic carbocycles. The van der Waals surface area contributed by atoms with E-state index in [1.807, 2.05) is 35.0 Å². The molecule has 1 aliphatic heterocycles. The minimum atomic E-state index is 0. The van der Waals surface area contributed by atoms with Crippen molar-refractivity contribution in [1.29, 1.82) is 0 Å². The number of rotatable bonds is 10. The van der Waals surface area contributed by atoms with Gasteiger partial charge < -0.3 is 20.1 Å². The molecule has 0 spiro atoms. The molecule has 3 rings (SSSR count). The van der Waals surface area contributed by atoms with Gasteiger partial charge in [-0.1, -0.05) is 18.2 Å². The Morgan fingerprint density at radius 2 is 2.10 bits per heavy atom. The summed E-state index contributed by atoms with van der Waals surface area (Å²) < 4.78 is 12.9. The third-order valence-electron chi connectivity index (χ3n) is 4.69. The second-order valence-corrected chi connectivity index (χ2v) is 7.07. The molecule has 2 N–H and O–H groups in total. The minimum Gasteiger partial charge on any atom is -0.494 e. The summed E-state index contributed by atoms with van der Waals surface area (Å²) in [5.41, 5.74) is 0. The number of unbranched alkanes of at least 4 members (excludes halogenated alkanes) is 1. The number of nitrogens with zero attached hydrogens (tertiary/aromatic N) is 4. The first kappa shape index (κ1) is 24.4. The van der Waals surface area contributed by atoms with E-state index in [0.717, 1.165) is 68.7 Å². The van der Waals surface area contributed by atoms with Crippen molar-refractivity contribution in [1.82, 2.24) is 25.4 Å². The van der Waals surface area contributed by atoms with Crippen LogP contribution in [-0.2, 0) is 24.3 Å². The molecule has 0 amide bonds. The Hall–Kier alpha value is -1.88. The van der Waals surface area contributed by atoms with Gasteiger partial charge in [-0.05, 0) is 38.3 Å². The summed E-state index contributed by atoms with van der Waals surface area (Å²) in [5, 5.41) is 11.4. The maximum Gasteiger partial charge on any atom is 0.191 e. The molecule has 1 unspecified atom stereocenters. The molecule has 0 bridgehead atoms. The summed E-state index contributed by atoms with van der Waals surface area (Å²) in [6.07, 6.45) is 3.89. The predicted octanol–water partition coefficient (Wildman–Crippen LogP) is 2.77. The van der Waals surface area contributed by atoms with Crippen molar-refractivity contribution in [2.75, 3.05) is 26.8 Å². The van der Waals surface area contributed by atoms with Crippen LogP contribution in [0.1, 0.15) is 37.8 Å². The van der Waals surface area contributed by atoms with Gasteiger partial charge in [0.05, 0.1) is 13.2 Å². The molecule has 0 saturated heterocycles. The average Bonchev–Trinajstić information content (AvgIpc) is 3.13. The molecule has 8 nitrogen and oxygen atoms in total. The Morgan fingerprint density at radius 3 is 2.87 bits per heavy atom. The zero-order chi connectivity index (χ0) is 20.3. The van der Waals surface area contributed by atoms with Gasteiger partial charge in [-0.15, -0.1) is 24.0 Å². The van der Waals surface area contributed by atoms with Crippen LogP contribution in [0.25, 0.3) is 0 Å². The summed E-state index contributed by atoms with van der Waals surface area (Å²) in [6.45, 7) is 5.65. The molecule has 9 heteroatoms. The molecular weight excluding hydrogens is 495 g/mol. The number of aliphatic imine (C=N–C) groups is 1. The van der Waals surface area contributed by atoms with Crippen LogP contribution < -0.4 is 15.4 Å². The van der Waals surface area contributed by atoms with Crippen molar-refractivity contribution in [2.45, 2.75) is 51.8 Å². The number of aryl methyl sites for hydroxylation is 1. The van der Waals surface area contributed by atoms with Crippen LogP contribution >= 0.6 is 24.0 Å². The maximum atomic E-state index is 5.73. The summed E-state index contributed by atoms with van der Waals surface area (Å²) >= 11 is 0. The van der Waals surface area contributed by atoms with E-state index in [1.54, 1.807) is 7.11 Å². The Morgan fingerprint density at radius 1 is 1.27 bits per heavy atom. The molecule has 30 heavy (non-hydrogen) atoms. The van der Waals surface area contributed by atoms with E-state index in [-0.39, 0.29) is 24.0 Å². The molecular formula is C21H33IN6O2. The van der Waals surface area contributed by atoms with Crippen molar-refractivity contribution >= 4 is 29.9 Å². The van der Waals surface area contributed by atoms with Crippen LogP contribution in [0, 0.1) is 0 Å². The van der Waals surface area contributed by atoms with Gasteiger partial charge in [0.15, 0.2) is 11.8 Å². The SMILES string of the molecule is CCNC(=NCCCCOc1ccccc1)NC1CCc2nc(COC)nn2C1.I. The maximum absolute atomic E-state index is 5.73. The summed E-state index contributed by atoms with van der Waals surface area (Å²) in [5.74, 6) is 3.57. The molecule has 2 aromatic rings. The largest absolute Gasteiger partial charge is 0.494 e. The van der Waals surface area contributed by atoms with Crippen molar-refractivity contribution in [3.05, 3.63) is 42.0 Å².